The molecule has 98 valence electrons. The summed E-state index contributed by atoms with van der Waals surface area (Å²) in [7, 11) is 1.86. The highest BCUT2D eigenvalue weighted by Gasteiger charge is 2.13. The van der Waals surface area contributed by atoms with Crippen LogP contribution in [0.5, 0.6) is 0 Å². The van der Waals surface area contributed by atoms with Gasteiger partial charge in [-0.15, -0.1) is 0 Å². The maximum Gasteiger partial charge on any atom is 0.132 e. The van der Waals surface area contributed by atoms with Crippen molar-refractivity contribution in [3.63, 3.8) is 0 Å². The van der Waals surface area contributed by atoms with E-state index in [0.717, 1.165) is 16.9 Å². The van der Waals surface area contributed by atoms with Gasteiger partial charge in [-0.25, -0.2) is 4.39 Å². The van der Waals surface area contributed by atoms with E-state index in [1.54, 1.807) is 16.8 Å². The summed E-state index contributed by atoms with van der Waals surface area (Å²) in [6.45, 7) is 2.45. The van der Waals surface area contributed by atoms with Crippen molar-refractivity contribution in [2.45, 2.75) is 13.5 Å². The Hall–Kier alpha value is -1.81. The van der Waals surface area contributed by atoms with Crippen LogP contribution in [-0.2, 0) is 13.6 Å². The highest BCUT2D eigenvalue weighted by atomic mass is 35.5. The van der Waals surface area contributed by atoms with E-state index in [-0.39, 0.29) is 5.82 Å². The number of benzene rings is 1. The van der Waals surface area contributed by atoms with Gasteiger partial charge in [0.2, 0.25) is 0 Å². The fourth-order valence-electron chi connectivity index (χ4n) is 2.34. The Labute approximate surface area is 115 Å². The minimum atomic E-state index is -0.205. The molecule has 0 saturated carbocycles. The molecule has 0 saturated heterocycles. The molecule has 0 aliphatic rings. The van der Waals surface area contributed by atoms with E-state index in [2.05, 4.69) is 5.10 Å². The summed E-state index contributed by atoms with van der Waals surface area (Å²) < 4.78 is 17.4. The summed E-state index contributed by atoms with van der Waals surface area (Å²) in [5.74, 6) is -0.205. The summed E-state index contributed by atoms with van der Waals surface area (Å²) in [5.41, 5.74) is 2.58. The molecule has 0 bridgehead atoms. The van der Waals surface area contributed by atoms with Crippen LogP contribution in [0.25, 0.3) is 10.9 Å². The number of hydrogen-bond donors (Lipinski definition) is 0. The third-order valence-electron chi connectivity index (χ3n) is 3.34. The van der Waals surface area contributed by atoms with Crippen LogP contribution in [0.15, 0.2) is 30.5 Å². The van der Waals surface area contributed by atoms with E-state index in [9.17, 15) is 4.39 Å². The van der Waals surface area contributed by atoms with E-state index < -0.39 is 0 Å². The smallest absolute Gasteiger partial charge is 0.132 e. The third kappa shape index (κ3) is 1.92. The summed E-state index contributed by atoms with van der Waals surface area (Å²) in [6.07, 6.45) is 1.87. The van der Waals surface area contributed by atoms with Crippen LogP contribution < -0.4 is 0 Å². The number of fused-ring (bicyclic) bond motifs is 1. The number of nitrogens with zero attached hydrogens (tertiary/aromatic N) is 3. The lowest BCUT2D eigenvalue weighted by Gasteiger charge is -2.06. The van der Waals surface area contributed by atoms with Gasteiger partial charge in [0.15, 0.2) is 0 Å². The average molecular weight is 278 g/mol. The monoisotopic (exact) mass is 277 g/mol. The zero-order valence-corrected chi connectivity index (χ0v) is 11.4. The molecule has 0 unspecified atom stereocenters. The summed E-state index contributed by atoms with van der Waals surface area (Å²) in [6, 6.07) is 6.86. The van der Waals surface area contributed by atoms with E-state index in [0.29, 0.717) is 17.0 Å². The Balaban J connectivity index is 2.09. The first-order valence-corrected chi connectivity index (χ1v) is 6.37. The zero-order chi connectivity index (χ0) is 13.6. The Bertz CT molecular complexity index is 757. The summed E-state index contributed by atoms with van der Waals surface area (Å²) in [5, 5.41) is 5.58. The third-order valence-corrected chi connectivity index (χ3v) is 3.83. The van der Waals surface area contributed by atoms with Crippen molar-refractivity contribution in [3.05, 3.63) is 52.7 Å². The van der Waals surface area contributed by atoms with Crippen molar-refractivity contribution in [2.24, 2.45) is 7.05 Å². The molecule has 0 aliphatic carbocycles. The van der Waals surface area contributed by atoms with Gasteiger partial charge in [0.25, 0.3) is 0 Å². The number of hydrogen-bond acceptors (Lipinski definition) is 1. The topological polar surface area (TPSA) is 22.8 Å². The molecule has 0 N–H and O–H groups in total. The molecular weight excluding hydrogens is 265 g/mol. The second kappa shape index (κ2) is 4.38. The fraction of sp³-hybridized carbons (Fsp3) is 0.214. The first kappa shape index (κ1) is 12.2. The molecule has 0 fully saturated rings. The van der Waals surface area contributed by atoms with Gasteiger partial charge in [0, 0.05) is 18.6 Å². The van der Waals surface area contributed by atoms with Crippen LogP contribution in [0.3, 0.4) is 0 Å². The van der Waals surface area contributed by atoms with Crippen LogP contribution in [0.2, 0.25) is 5.02 Å². The normalized spacial score (nSPS) is 11.4. The molecule has 0 amide bonds. The van der Waals surface area contributed by atoms with E-state index in [4.69, 9.17) is 11.6 Å². The number of rotatable bonds is 2. The van der Waals surface area contributed by atoms with Crippen molar-refractivity contribution < 1.29 is 4.39 Å². The first-order chi connectivity index (χ1) is 9.08. The van der Waals surface area contributed by atoms with Crippen molar-refractivity contribution in [1.29, 1.82) is 0 Å². The lowest BCUT2D eigenvalue weighted by Crippen LogP contribution is -2.05. The van der Waals surface area contributed by atoms with Crippen LogP contribution in [0, 0.1) is 12.7 Å². The maximum absolute atomic E-state index is 13.6. The van der Waals surface area contributed by atoms with Crippen molar-refractivity contribution in [3.8, 4) is 0 Å². The SMILES string of the molecule is Cc1nn(C)c(Cn2ccc3c(F)cccc32)c1Cl. The molecule has 19 heavy (non-hydrogen) atoms. The Kier molecular flexibility index (Phi) is 2.82. The molecule has 3 aromatic rings. The lowest BCUT2D eigenvalue weighted by atomic mass is 10.2. The highest BCUT2D eigenvalue weighted by Crippen LogP contribution is 2.24. The molecule has 3 nitrogen and oxygen atoms in total. The van der Waals surface area contributed by atoms with Crippen LogP contribution in [0.4, 0.5) is 4.39 Å². The zero-order valence-electron chi connectivity index (χ0n) is 10.7. The molecule has 0 aliphatic heterocycles. The second-order valence-electron chi connectivity index (χ2n) is 4.59. The van der Waals surface area contributed by atoms with Crippen LogP contribution in [0.1, 0.15) is 11.4 Å². The van der Waals surface area contributed by atoms with E-state index in [1.165, 1.54) is 6.07 Å². The molecular formula is C14H13ClFN3. The molecule has 1 aromatic carbocycles. The van der Waals surface area contributed by atoms with Crippen LogP contribution >= 0.6 is 11.6 Å². The van der Waals surface area contributed by atoms with Gasteiger partial charge in [0.1, 0.15) is 5.82 Å². The first-order valence-electron chi connectivity index (χ1n) is 5.99. The van der Waals surface area contributed by atoms with E-state index >= 15 is 0 Å². The van der Waals surface area contributed by atoms with Crippen molar-refractivity contribution >= 4 is 22.5 Å². The Morgan fingerprint density at radius 1 is 1.32 bits per heavy atom. The Morgan fingerprint density at radius 3 is 2.79 bits per heavy atom. The van der Waals surface area contributed by atoms with Crippen molar-refractivity contribution in [2.75, 3.05) is 0 Å². The molecule has 0 atom stereocenters. The molecule has 3 rings (SSSR count). The van der Waals surface area contributed by atoms with Gasteiger partial charge in [-0.1, -0.05) is 17.7 Å². The largest absolute Gasteiger partial charge is 0.341 e. The summed E-state index contributed by atoms with van der Waals surface area (Å²) >= 11 is 6.24. The molecule has 5 heteroatoms. The average Bonchev–Trinajstić information content (AvgIpc) is 2.88. The number of aromatic nitrogens is 3. The highest BCUT2D eigenvalue weighted by molar-refractivity contribution is 6.31. The number of aryl methyl sites for hydroxylation is 2. The van der Waals surface area contributed by atoms with Gasteiger partial charge >= 0.3 is 0 Å². The van der Waals surface area contributed by atoms with Crippen LogP contribution in [-0.4, -0.2) is 14.3 Å². The predicted octanol–water partition coefficient (Wildman–Crippen LogP) is 3.52. The standard InChI is InChI=1S/C14H13ClFN3/c1-9-14(15)13(18(2)17-9)8-19-7-6-10-11(16)4-3-5-12(10)19/h3-7H,8H2,1-2H3. The number of halogens is 2. The molecule has 0 spiro atoms. The molecule has 0 radical (unpaired) electrons. The Morgan fingerprint density at radius 2 is 2.11 bits per heavy atom. The predicted molar refractivity (Wildman–Crippen MR) is 74.0 cm³/mol. The van der Waals surface area contributed by atoms with Gasteiger partial charge in [-0.05, 0) is 25.1 Å². The lowest BCUT2D eigenvalue weighted by molar-refractivity contribution is 0.639. The summed E-state index contributed by atoms with van der Waals surface area (Å²) in [4.78, 5) is 0. The quantitative estimate of drug-likeness (QED) is 0.703. The van der Waals surface area contributed by atoms with Crippen molar-refractivity contribution in [1.82, 2.24) is 14.3 Å². The minimum absolute atomic E-state index is 0.205. The van der Waals surface area contributed by atoms with Gasteiger partial charge in [-0.3, -0.25) is 4.68 Å². The van der Waals surface area contributed by atoms with E-state index in [1.807, 2.05) is 30.8 Å². The van der Waals surface area contributed by atoms with Gasteiger partial charge in [0.05, 0.1) is 28.5 Å². The maximum atomic E-state index is 13.6. The van der Waals surface area contributed by atoms with Gasteiger partial charge < -0.3 is 4.57 Å². The van der Waals surface area contributed by atoms with Gasteiger partial charge in [-0.2, -0.15) is 5.10 Å². The minimum Gasteiger partial charge on any atom is -0.341 e. The second-order valence-corrected chi connectivity index (χ2v) is 4.96. The fourth-order valence-corrected chi connectivity index (χ4v) is 2.56. The molecule has 2 aromatic heterocycles. The molecule has 2 heterocycles.